The highest BCUT2D eigenvalue weighted by Crippen LogP contribution is 2.16. The second-order valence-electron chi connectivity index (χ2n) is 4.05. The van der Waals surface area contributed by atoms with E-state index in [9.17, 15) is 19.7 Å². The average Bonchev–Trinajstić information content (AvgIpc) is 2.14. The third kappa shape index (κ3) is 4.24. The molecule has 0 aromatic rings. The molecule has 0 saturated heterocycles. The highest BCUT2D eigenvalue weighted by atomic mass is 16.6. The molecule has 0 aliphatic carbocycles. The Balaban J connectivity index is 4.73. The number of ether oxygens (including phenoxy) is 1. The average molecular weight is 232 g/mol. The molecule has 0 radical (unpaired) electrons. The third-order valence-corrected chi connectivity index (χ3v) is 2.06. The van der Waals surface area contributed by atoms with Crippen molar-refractivity contribution in [1.29, 1.82) is 0 Å². The minimum Gasteiger partial charge on any atom is -0.467 e. The van der Waals surface area contributed by atoms with Gasteiger partial charge in [-0.1, -0.05) is 0 Å². The standard InChI is InChI=1S/C9H16N2O5/c1-6(12)10-7(8(13)16-4)5-9(2,3)11(14)15/h7H,5H2,1-4H3,(H,10,12)/t7-/m0/s1. The molecule has 0 spiro atoms. The fourth-order valence-corrected chi connectivity index (χ4v) is 1.15. The molecule has 92 valence electrons. The maximum atomic E-state index is 11.3. The fraction of sp³-hybridized carbons (Fsp3) is 0.778. The lowest BCUT2D eigenvalue weighted by Crippen LogP contribution is -2.47. The summed E-state index contributed by atoms with van der Waals surface area (Å²) in [5.41, 5.74) is -1.30. The van der Waals surface area contributed by atoms with Gasteiger partial charge in [-0.25, -0.2) is 4.79 Å². The van der Waals surface area contributed by atoms with Gasteiger partial charge in [0.15, 0.2) is 0 Å². The molecule has 1 amide bonds. The topological polar surface area (TPSA) is 98.5 Å². The van der Waals surface area contributed by atoms with Crippen LogP contribution in [0.1, 0.15) is 27.2 Å². The van der Waals surface area contributed by atoms with Crippen LogP contribution in [0.15, 0.2) is 0 Å². The van der Waals surface area contributed by atoms with Gasteiger partial charge in [0.1, 0.15) is 6.04 Å². The zero-order valence-corrected chi connectivity index (χ0v) is 9.77. The smallest absolute Gasteiger partial charge is 0.328 e. The Morgan fingerprint density at radius 2 is 2.00 bits per heavy atom. The first-order chi connectivity index (χ1) is 7.20. The molecular formula is C9H16N2O5. The highest BCUT2D eigenvalue weighted by Gasteiger charge is 2.37. The predicted octanol–water partition coefficient (Wildman–Crippen LogP) is 0.109. The molecule has 0 heterocycles. The van der Waals surface area contributed by atoms with Crippen molar-refractivity contribution in [2.45, 2.75) is 38.8 Å². The number of hydrogen-bond acceptors (Lipinski definition) is 5. The van der Waals surface area contributed by atoms with Crippen LogP contribution < -0.4 is 5.32 Å². The summed E-state index contributed by atoms with van der Waals surface area (Å²) in [5.74, 6) is -1.13. The number of methoxy groups -OCH3 is 1. The van der Waals surface area contributed by atoms with Crippen molar-refractivity contribution in [1.82, 2.24) is 5.32 Å². The van der Waals surface area contributed by atoms with Crippen LogP contribution in [-0.2, 0) is 14.3 Å². The van der Waals surface area contributed by atoms with Crippen LogP contribution in [0.5, 0.6) is 0 Å². The van der Waals surface area contributed by atoms with Crippen LogP contribution in [0, 0.1) is 10.1 Å². The van der Waals surface area contributed by atoms with Gasteiger partial charge in [-0.15, -0.1) is 0 Å². The molecule has 0 saturated carbocycles. The molecule has 0 aromatic carbocycles. The van der Waals surface area contributed by atoms with Crippen molar-refractivity contribution >= 4 is 11.9 Å². The Morgan fingerprint density at radius 1 is 1.50 bits per heavy atom. The molecule has 0 aliphatic rings. The van der Waals surface area contributed by atoms with Crippen LogP contribution in [-0.4, -0.2) is 35.5 Å². The van der Waals surface area contributed by atoms with Crippen molar-refractivity contribution in [2.24, 2.45) is 0 Å². The molecule has 0 unspecified atom stereocenters. The lowest BCUT2D eigenvalue weighted by atomic mass is 9.96. The number of esters is 1. The van der Waals surface area contributed by atoms with Gasteiger partial charge in [-0.05, 0) is 0 Å². The summed E-state index contributed by atoms with van der Waals surface area (Å²) in [6.07, 6.45) is -0.119. The maximum absolute atomic E-state index is 11.3. The van der Waals surface area contributed by atoms with Gasteiger partial charge in [0.25, 0.3) is 0 Å². The Labute approximate surface area is 93.3 Å². The van der Waals surface area contributed by atoms with Crippen LogP contribution in [0.4, 0.5) is 0 Å². The molecule has 1 atom stereocenters. The molecule has 0 fully saturated rings. The molecule has 0 rings (SSSR count). The first-order valence-electron chi connectivity index (χ1n) is 4.70. The Hall–Kier alpha value is -1.66. The van der Waals surface area contributed by atoms with Crippen LogP contribution >= 0.6 is 0 Å². The van der Waals surface area contributed by atoms with Crippen molar-refractivity contribution < 1.29 is 19.2 Å². The second-order valence-corrected chi connectivity index (χ2v) is 4.05. The molecular weight excluding hydrogens is 216 g/mol. The van der Waals surface area contributed by atoms with Crippen molar-refractivity contribution in [2.75, 3.05) is 7.11 Å². The quantitative estimate of drug-likeness (QED) is 0.412. The largest absolute Gasteiger partial charge is 0.467 e. The van der Waals surface area contributed by atoms with Gasteiger partial charge in [-0.2, -0.15) is 0 Å². The normalized spacial score (nSPS) is 12.8. The van der Waals surface area contributed by atoms with E-state index in [1.54, 1.807) is 0 Å². The van der Waals surface area contributed by atoms with Gasteiger partial charge in [-0.3, -0.25) is 14.9 Å². The SMILES string of the molecule is COC(=O)[C@H](CC(C)(C)[N+](=O)[O-])NC(C)=O. The van der Waals surface area contributed by atoms with Gasteiger partial charge in [0, 0.05) is 32.1 Å². The number of carbonyl (C=O) groups excluding carboxylic acids is 2. The van der Waals surface area contributed by atoms with Crippen molar-refractivity contribution in [3.05, 3.63) is 10.1 Å². The van der Waals surface area contributed by atoms with E-state index >= 15 is 0 Å². The number of nitrogens with zero attached hydrogens (tertiary/aromatic N) is 1. The number of amides is 1. The lowest BCUT2D eigenvalue weighted by molar-refractivity contribution is -0.561. The number of carbonyl (C=O) groups is 2. The first kappa shape index (κ1) is 14.3. The summed E-state index contributed by atoms with van der Waals surface area (Å²) in [4.78, 5) is 32.3. The van der Waals surface area contributed by atoms with Gasteiger partial charge in [0.05, 0.1) is 7.11 Å². The van der Waals surface area contributed by atoms with E-state index in [1.807, 2.05) is 0 Å². The van der Waals surface area contributed by atoms with Gasteiger partial charge in [0.2, 0.25) is 11.4 Å². The van der Waals surface area contributed by atoms with Crippen molar-refractivity contribution in [3.8, 4) is 0 Å². The monoisotopic (exact) mass is 232 g/mol. The van der Waals surface area contributed by atoms with E-state index in [0.717, 1.165) is 7.11 Å². The Kier molecular flexibility index (Phi) is 4.87. The summed E-state index contributed by atoms with van der Waals surface area (Å²) in [7, 11) is 1.16. The predicted molar refractivity (Wildman–Crippen MR) is 55.3 cm³/mol. The fourth-order valence-electron chi connectivity index (χ4n) is 1.15. The van der Waals surface area contributed by atoms with Crippen LogP contribution in [0.3, 0.4) is 0 Å². The zero-order chi connectivity index (χ0) is 12.9. The van der Waals surface area contributed by atoms with E-state index in [1.165, 1.54) is 20.8 Å². The molecule has 7 heteroatoms. The number of nitro groups is 1. The van der Waals surface area contributed by atoms with Gasteiger partial charge >= 0.3 is 5.97 Å². The van der Waals surface area contributed by atoms with Crippen LogP contribution in [0.25, 0.3) is 0 Å². The first-order valence-corrected chi connectivity index (χ1v) is 4.70. The number of rotatable bonds is 5. The minimum atomic E-state index is -1.30. The lowest BCUT2D eigenvalue weighted by Gasteiger charge is -2.21. The zero-order valence-electron chi connectivity index (χ0n) is 9.77. The number of nitrogens with one attached hydrogen (secondary N) is 1. The van der Waals surface area contributed by atoms with Gasteiger partial charge < -0.3 is 10.1 Å². The van der Waals surface area contributed by atoms with E-state index in [4.69, 9.17) is 0 Å². The molecule has 16 heavy (non-hydrogen) atoms. The van der Waals surface area contributed by atoms with Crippen molar-refractivity contribution in [3.63, 3.8) is 0 Å². The maximum Gasteiger partial charge on any atom is 0.328 e. The summed E-state index contributed by atoms with van der Waals surface area (Å²) >= 11 is 0. The number of hydrogen-bond donors (Lipinski definition) is 1. The van der Waals surface area contributed by atoms with E-state index in [0.29, 0.717) is 0 Å². The highest BCUT2D eigenvalue weighted by molar-refractivity contribution is 5.83. The summed E-state index contributed by atoms with van der Waals surface area (Å²) in [6, 6.07) is -0.997. The second kappa shape index (κ2) is 5.43. The van der Waals surface area contributed by atoms with E-state index < -0.39 is 28.4 Å². The summed E-state index contributed by atoms with van der Waals surface area (Å²) < 4.78 is 4.46. The Morgan fingerprint density at radius 3 is 2.31 bits per heavy atom. The Bertz CT molecular complexity index is 300. The molecule has 0 aromatic heterocycles. The van der Waals surface area contributed by atoms with Crippen LogP contribution in [0.2, 0.25) is 0 Å². The third-order valence-electron chi connectivity index (χ3n) is 2.06. The molecule has 7 nitrogen and oxygen atoms in total. The summed E-state index contributed by atoms with van der Waals surface area (Å²) in [5, 5.41) is 13.0. The summed E-state index contributed by atoms with van der Waals surface area (Å²) in [6.45, 7) is 3.99. The molecule has 0 aliphatic heterocycles. The van der Waals surface area contributed by atoms with E-state index in [-0.39, 0.29) is 6.42 Å². The molecule has 1 N–H and O–H groups in total. The van der Waals surface area contributed by atoms with E-state index in [2.05, 4.69) is 10.1 Å². The molecule has 0 bridgehead atoms. The minimum absolute atomic E-state index is 0.119.